The van der Waals surface area contributed by atoms with Crippen LogP contribution in [0.15, 0.2) is 40.3 Å². The number of hydrogen-bond acceptors (Lipinski definition) is 3. The molecule has 1 aromatic carbocycles. The lowest BCUT2D eigenvalue weighted by molar-refractivity contribution is 0.889. The van der Waals surface area contributed by atoms with E-state index in [0.717, 1.165) is 13.1 Å². The van der Waals surface area contributed by atoms with E-state index < -0.39 is 0 Å². The van der Waals surface area contributed by atoms with Crippen LogP contribution in [0.4, 0.5) is 5.69 Å². The van der Waals surface area contributed by atoms with Crippen molar-refractivity contribution in [3.8, 4) is 0 Å². The van der Waals surface area contributed by atoms with E-state index in [2.05, 4.69) is 33.0 Å². The molecule has 1 aromatic rings. The van der Waals surface area contributed by atoms with Gasteiger partial charge in [0.2, 0.25) is 0 Å². The summed E-state index contributed by atoms with van der Waals surface area (Å²) < 4.78 is 0. The van der Waals surface area contributed by atoms with Crippen LogP contribution < -0.4 is 4.90 Å². The summed E-state index contributed by atoms with van der Waals surface area (Å²) in [5, 5.41) is 0. The van der Waals surface area contributed by atoms with E-state index in [4.69, 9.17) is 0 Å². The maximum absolute atomic E-state index is 4.00. The van der Waals surface area contributed by atoms with Crippen molar-refractivity contribution in [2.75, 3.05) is 32.1 Å². The molecule has 0 aliphatic heterocycles. The minimum Gasteiger partial charge on any atom is -0.373 e. The SMILES string of the molecule is CN=C=NCCN(C)c1ccccc1. The number of aliphatic imine (C=N–C) groups is 2. The van der Waals surface area contributed by atoms with E-state index >= 15 is 0 Å². The first-order chi connectivity index (χ1) is 6.84. The van der Waals surface area contributed by atoms with Crippen molar-refractivity contribution in [2.45, 2.75) is 0 Å². The van der Waals surface area contributed by atoms with Gasteiger partial charge in [-0.2, -0.15) is 0 Å². The summed E-state index contributed by atoms with van der Waals surface area (Å²) >= 11 is 0. The Morgan fingerprint density at radius 1 is 1.29 bits per heavy atom. The van der Waals surface area contributed by atoms with E-state index in [1.807, 2.05) is 25.2 Å². The molecule has 0 fully saturated rings. The monoisotopic (exact) mass is 189 g/mol. The predicted molar refractivity (Wildman–Crippen MR) is 60.4 cm³/mol. The zero-order valence-electron chi connectivity index (χ0n) is 8.64. The second-order valence-electron chi connectivity index (χ2n) is 2.96. The molecule has 1 rings (SSSR count). The van der Waals surface area contributed by atoms with Crippen LogP contribution in [-0.2, 0) is 0 Å². The Kier molecular flexibility index (Phi) is 4.45. The van der Waals surface area contributed by atoms with Gasteiger partial charge in [0.05, 0.1) is 12.6 Å². The number of hydrogen-bond donors (Lipinski definition) is 0. The van der Waals surface area contributed by atoms with Gasteiger partial charge in [-0.05, 0) is 12.1 Å². The highest BCUT2D eigenvalue weighted by Gasteiger charge is 1.96. The van der Waals surface area contributed by atoms with Crippen molar-refractivity contribution in [2.24, 2.45) is 9.98 Å². The molecular weight excluding hydrogens is 174 g/mol. The topological polar surface area (TPSA) is 28.0 Å². The number of anilines is 1. The van der Waals surface area contributed by atoms with E-state index in [0.29, 0.717) is 0 Å². The van der Waals surface area contributed by atoms with Crippen LogP contribution in [-0.4, -0.2) is 33.2 Å². The summed E-state index contributed by atoms with van der Waals surface area (Å²) in [4.78, 5) is 9.82. The van der Waals surface area contributed by atoms with Gasteiger partial charge < -0.3 is 4.90 Å². The van der Waals surface area contributed by atoms with Crippen LogP contribution >= 0.6 is 0 Å². The van der Waals surface area contributed by atoms with Crippen LogP contribution in [0, 0.1) is 0 Å². The quantitative estimate of drug-likeness (QED) is 0.665. The Morgan fingerprint density at radius 2 is 2.00 bits per heavy atom. The van der Waals surface area contributed by atoms with Crippen molar-refractivity contribution in [1.82, 2.24) is 0 Å². The molecule has 0 saturated carbocycles. The van der Waals surface area contributed by atoms with Gasteiger partial charge in [0, 0.05) is 26.3 Å². The third kappa shape index (κ3) is 3.42. The molecule has 0 aliphatic rings. The highest BCUT2D eigenvalue weighted by atomic mass is 15.1. The number of likely N-dealkylation sites (N-methyl/N-ethyl adjacent to an activating group) is 1. The van der Waals surface area contributed by atoms with Gasteiger partial charge in [0.15, 0.2) is 0 Å². The van der Waals surface area contributed by atoms with Crippen LogP contribution in [0.1, 0.15) is 0 Å². The van der Waals surface area contributed by atoms with Gasteiger partial charge in [-0.15, -0.1) is 0 Å². The standard InChI is InChI=1S/C11H15N3/c1-12-10-13-8-9-14(2)11-6-4-3-5-7-11/h3-7H,8-9H2,1-2H3. The zero-order chi connectivity index (χ0) is 10.2. The van der Waals surface area contributed by atoms with E-state index in [-0.39, 0.29) is 0 Å². The molecule has 0 radical (unpaired) electrons. The first kappa shape index (κ1) is 10.5. The minimum atomic E-state index is 0.725. The first-order valence-electron chi connectivity index (χ1n) is 4.61. The van der Waals surface area contributed by atoms with Crippen LogP contribution in [0.25, 0.3) is 0 Å². The Morgan fingerprint density at radius 3 is 2.64 bits per heavy atom. The molecule has 0 N–H and O–H groups in total. The van der Waals surface area contributed by atoms with Crippen LogP contribution in [0.2, 0.25) is 0 Å². The van der Waals surface area contributed by atoms with Crippen molar-refractivity contribution in [3.05, 3.63) is 30.3 Å². The largest absolute Gasteiger partial charge is 0.373 e. The van der Waals surface area contributed by atoms with Gasteiger partial charge in [-0.1, -0.05) is 18.2 Å². The lowest BCUT2D eigenvalue weighted by atomic mass is 10.3. The van der Waals surface area contributed by atoms with Crippen LogP contribution in [0.5, 0.6) is 0 Å². The number of rotatable bonds is 4. The molecule has 0 aliphatic carbocycles. The number of benzene rings is 1. The Labute approximate surface area is 84.8 Å². The molecule has 0 aromatic heterocycles. The molecule has 0 unspecified atom stereocenters. The minimum absolute atomic E-state index is 0.725. The summed E-state index contributed by atoms with van der Waals surface area (Å²) in [6, 6.07) is 12.8. The Balaban J connectivity index is 2.43. The first-order valence-corrected chi connectivity index (χ1v) is 4.61. The normalized spacial score (nSPS) is 9.00. The summed E-state index contributed by atoms with van der Waals surface area (Å²) in [6.45, 7) is 1.61. The van der Waals surface area contributed by atoms with E-state index in [1.54, 1.807) is 7.05 Å². The molecular formula is C11H15N3. The lowest BCUT2D eigenvalue weighted by Crippen LogP contribution is -2.20. The van der Waals surface area contributed by atoms with Crippen LogP contribution in [0.3, 0.4) is 0 Å². The van der Waals surface area contributed by atoms with Crippen molar-refractivity contribution < 1.29 is 0 Å². The zero-order valence-corrected chi connectivity index (χ0v) is 8.64. The smallest absolute Gasteiger partial charge is 0.0890 e. The van der Waals surface area contributed by atoms with Gasteiger partial charge in [-0.3, -0.25) is 0 Å². The fourth-order valence-electron chi connectivity index (χ4n) is 1.13. The predicted octanol–water partition coefficient (Wildman–Crippen LogP) is 1.93. The fraction of sp³-hybridized carbons (Fsp3) is 0.364. The maximum Gasteiger partial charge on any atom is 0.0890 e. The molecule has 74 valence electrons. The average Bonchev–Trinajstić information content (AvgIpc) is 2.25. The second-order valence-corrected chi connectivity index (χ2v) is 2.96. The maximum atomic E-state index is 4.00. The summed E-state index contributed by atoms with van der Waals surface area (Å²) in [6.07, 6.45) is 0. The molecule has 14 heavy (non-hydrogen) atoms. The van der Waals surface area contributed by atoms with Crippen molar-refractivity contribution >= 4 is 11.7 Å². The molecule has 0 saturated heterocycles. The van der Waals surface area contributed by atoms with Gasteiger partial charge in [-0.25, -0.2) is 9.98 Å². The third-order valence-electron chi connectivity index (χ3n) is 1.91. The molecule has 0 atom stereocenters. The summed E-state index contributed by atoms with van der Waals surface area (Å²) in [7, 11) is 3.72. The second kappa shape index (κ2) is 5.95. The fourth-order valence-corrected chi connectivity index (χ4v) is 1.13. The Bertz CT molecular complexity index is 313. The average molecular weight is 189 g/mol. The van der Waals surface area contributed by atoms with Crippen molar-refractivity contribution in [1.29, 1.82) is 0 Å². The Hall–Kier alpha value is -1.60. The molecule has 3 heteroatoms. The van der Waals surface area contributed by atoms with E-state index in [1.165, 1.54) is 5.69 Å². The molecule has 3 nitrogen and oxygen atoms in total. The molecule has 0 bridgehead atoms. The highest BCUT2D eigenvalue weighted by molar-refractivity contribution is 5.45. The molecule has 0 amide bonds. The number of para-hydroxylation sites is 1. The summed E-state index contributed by atoms with van der Waals surface area (Å²) in [5.41, 5.74) is 1.20. The van der Waals surface area contributed by atoms with E-state index in [9.17, 15) is 0 Å². The lowest BCUT2D eigenvalue weighted by Gasteiger charge is -2.17. The highest BCUT2D eigenvalue weighted by Crippen LogP contribution is 2.09. The summed E-state index contributed by atoms with van der Waals surface area (Å²) in [5.74, 6) is 0. The van der Waals surface area contributed by atoms with Gasteiger partial charge >= 0.3 is 0 Å². The van der Waals surface area contributed by atoms with Gasteiger partial charge in [0.25, 0.3) is 0 Å². The third-order valence-corrected chi connectivity index (χ3v) is 1.91. The number of nitrogens with zero attached hydrogens (tertiary/aromatic N) is 3. The van der Waals surface area contributed by atoms with Gasteiger partial charge in [0.1, 0.15) is 0 Å². The molecule has 0 heterocycles. The van der Waals surface area contributed by atoms with Crippen molar-refractivity contribution in [3.63, 3.8) is 0 Å². The molecule has 0 spiro atoms.